The maximum atomic E-state index is 12.1. The molecule has 20 heavy (non-hydrogen) atoms. The van der Waals surface area contributed by atoms with Crippen molar-refractivity contribution in [2.75, 3.05) is 6.54 Å². The molecule has 1 aliphatic carbocycles. The number of halogens is 1. The van der Waals surface area contributed by atoms with E-state index in [0.29, 0.717) is 17.5 Å². The lowest BCUT2D eigenvalue weighted by Gasteiger charge is -2.32. The van der Waals surface area contributed by atoms with Gasteiger partial charge in [0.1, 0.15) is 5.54 Å². The van der Waals surface area contributed by atoms with Gasteiger partial charge in [0.25, 0.3) is 0 Å². The molecule has 1 amide bonds. The number of nitrogens with zero attached hydrogens (tertiary/aromatic N) is 2. The van der Waals surface area contributed by atoms with Crippen molar-refractivity contribution < 1.29 is 4.79 Å². The van der Waals surface area contributed by atoms with E-state index in [2.05, 4.69) is 17.3 Å². The van der Waals surface area contributed by atoms with Gasteiger partial charge in [-0.25, -0.2) is 0 Å². The minimum atomic E-state index is -0.706. The van der Waals surface area contributed by atoms with E-state index in [1.165, 1.54) is 0 Å². The molecular weight excluding hydrogens is 276 g/mol. The Morgan fingerprint density at radius 3 is 2.60 bits per heavy atom. The van der Waals surface area contributed by atoms with E-state index in [4.69, 9.17) is 17.3 Å². The molecule has 0 aliphatic heterocycles. The van der Waals surface area contributed by atoms with Gasteiger partial charge in [0, 0.05) is 0 Å². The first-order chi connectivity index (χ1) is 9.42. The zero-order valence-corrected chi connectivity index (χ0v) is 13.1. The second-order valence-corrected chi connectivity index (χ2v) is 6.06. The second-order valence-electron chi connectivity index (χ2n) is 5.68. The van der Waals surface area contributed by atoms with E-state index in [0.717, 1.165) is 37.2 Å². The molecule has 2 rings (SSSR count). The minimum absolute atomic E-state index is 0.294. The van der Waals surface area contributed by atoms with Crippen LogP contribution in [0.25, 0.3) is 0 Å². The summed E-state index contributed by atoms with van der Waals surface area (Å²) in [4.78, 5) is 12.1. The Hall–Kier alpha value is -1.07. The van der Waals surface area contributed by atoms with Crippen LogP contribution in [0.5, 0.6) is 0 Å². The van der Waals surface area contributed by atoms with Crippen molar-refractivity contribution in [2.24, 2.45) is 11.7 Å². The maximum Gasteiger partial charge on any atom is 0.239 e. The van der Waals surface area contributed by atoms with Crippen LogP contribution < -0.4 is 11.1 Å². The number of nitrogens with two attached hydrogens (primary N) is 1. The largest absolute Gasteiger partial charge is 0.368 e. The summed E-state index contributed by atoms with van der Waals surface area (Å²) in [6.45, 7) is 7.08. The van der Waals surface area contributed by atoms with Crippen LogP contribution in [-0.4, -0.2) is 27.8 Å². The predicted octanol–water partition coefficient (Wildman–Crippen LogP) is 1.79. The van der Waals surface area contributed by atoms with Gasteiger partial charge in [-0.1, -0.05) is 18.5 Å². The number of aromatic nitrogens is 2. The molecule has 1 unspecified atom stereocenters. The van der Waals surface area contributed by atoms with E-state index in [1.807, 2.05) is 18.5 Å². The standard InChI is InChI=1S/C14H23ClN4O/c1-4-7-17-14(13(16)20,11-5-6-11)8-19-10(3)12(15)9(2)18-19/h11,17H,4-8H2,1-3H3,(H2,16,20). The summed E-state index contributed by atoms with van der Waals surface area (Å²) in [5.41, 5.74) is 6.68. The van der Waals surface area contributed by atoms with Gasteiger partial charge in [0.15, 0.2) is 0 Å². The highest BCUT2D eigenvalue weighted by Crippen LogP contribution is 2.41. The third kappa shape index (κ3) is 2.69. The van der Waals surface area contributed by atoms with Crippen molar-refractivity contribution in [3.63, 3.8) is 0 Å². The Kier molecular flexibility index (Phi) is 4.39. The van der Waals surface area contributed by atoms with Crippen molar-refractivity contribution in [1.29, 1.82) is 0 Å². The molecule has 5 nitrogen and oxygen atoms in total. The molecule has 1 aliphatic rings. The maximum absolute atomic E-state index is 12.1. The monoisotopic (exact) mass is 298 g/mol. The third-order valence-electron chi connectivity index (χ3n) is 4.10. The van der Waals surface area contributed by atoms with Gasteiger partial charge >= 0.3 is 0 Å². The molecule has 112 valence electrons. The molecule has 0 radical (unpaired) electrons. The number of rotatable bonds is 7. The molecule has 1 fully saturated rings. The van der Waals surface area contributed by atoms with Crippen LogP contribution in [0, 0.1) is 19.8 Å². The molecule has 0 aromatic carbocycles. The van der Waals surface area contributed by atoms with Crippen LogP contribution in [0.4, 0.5) is 0 Å². The molecule has 0 saturated heterocycles. The van der Waals surface area contributed by atoms with E-state index in [-0.39, 0.29) is 5.91 Å². The molecule has 1 aromatic heterocycles. The number of hydrogen-bond donors (Lipinski definition) is 2. The number of carbonyl (C=O) groups excluding carboxylic acids is 1. The fraction of sp³-hybridized carbons (Fsp3) is 0.714. The van der Waals surface area contributed by atoms with Gasteiger partial charge in [-0.15, -0.1) is 0 Å². The van der Waals surface area contributed by atoms with Crippen LogP contribution in [0.2, 0.25) is 5.02 Å². The lowest BCUT2D eigenvalue weighted by molar-refractivity contribution is -0.126. The fourth-order valence-electron chi connectivity index (χ4n) is 2.68. The first-order valence-corrected chi connectivity index (χ1v) is 7.54. The number of hydrogen-bond acceptors (Lipinski definition) is 3. The summed E-state index contributed by atoms with van der Waals surface area (Å²) < 4.78 is 1.81. The molecular formula is C14H23ClN4O. The lowest BCUT2D eigenvalue weighted by Crippen LogP contribution is -2.60. The molecule has 6 heteroatoms. The highest BCUT2D eigenvalue weighted by atomic mass is 35.5. The minimum Gasteiger partial charge on any atom is -0.368 e. The quantitative estimate of drug-likeness (QED) is 0.806. The topological polar surface area (TPSA) is 72.9 Å². The summed E-state index contributed by atoms with van der Waals surface area (Å²) in [5.74, 6) is 0.00589. The molecule has 1 atom stereocenters. The predicted molar refractivity (Wildman–Crippen MR) is 79.7 cm³/mol. The first-order valence-electron chi connectivity index (χ1n) is 7.16. The number of nitrogens with one attached hydrogen (secondary N) is 1. The SMILES string of the molecule is CCCNC(Cn1nc(C)c(Cl)c1C)(C(N)=O)C1CC1. The third-order valence-corrected chi connectivity index (χ3v) is 4.64. The number of aryl methyl sites for hydroxylation is 1. The van der Waals surface area contributed by atoms with E-state index in [9.17, 15) is 4.79 Å². The Bertz CT molecular complexity index is 510. The highest BCUT2D eigenvalue weighted by Gasteiger charge is 2.50. The van der Waals surface area contributed by atoms with Crippen LogP contribution in [0.3, 0.4) is 0 Å². The summed E-state index contributed by atoms with van der Waals surface area (Å²) >= 11 is 6.19. The van der Waals surface area contributed by atoms with Crippen molar-refractivity contribution >= 4 is 17.5 Å². The average molecular weight is 299 g/mol. The Morgan fingerprint density at radius 1 is 1.55 bits per heavy atom. The van der Waals surface area contributed by atoms with Crippen LogP contribution in [0.1, 0.15) is 37.6 Å². The fourth-order valence-corrected chi connectivity index (χ4v) is 2.82. The zero-order chi connectivity index (χ0) is 14.9. The molecule has 0 spiro atoms. The molecule has 1 aromatic rings. The molecule has 0 bridgehead atoms. The zero-order valence-electron chi connectivity index (χ0n) is 12.4. The Balaban J connectivity index is 2.31. The first kappa shape index (κ1) is 15.3. The van der Waals surface area contributed by atoms with Gasteiger partial charge in [-0.2, -0.15) is 5.10 Å². The summed E-state index contributed by atoms with van der Waals surface area (Å²) in [6, 6.07) is 0. The van der Waals surface area contributed by atoms with Gasteiger partial charge in [-0.3, -0.25) is 9.48 Å². The normalized spacial score (nSPS) is 18.0. The van der Waals surface area contributed by atoms with Gasteiger partial charge in [0.05, 0.1) is 23.0 Å². The molecule has 1 saturated carbocycles. The lowest BCUT2D eigenvalue weighted by atomic mass is 9.91. The van der Waals surface area contributed by atoms with Crippen molar-refractivity contribution in [2.45, 2.75) is 52.1 Å². The van der Waals surface area contributed by atoms with Gasteiger partial charge < -0.3 is 11.1 Å². The van der Waals surface area contributed by atoms with E-state index in [1.54, 1.807) is 0 Å². The summed E-state index contributed by atoms with van der Waals surface area (Å²) in [5, 5.41) is 8.46. The van der Waals surface area contributed by atoms with Crippen molar-refractivity contribution in [1.82, 2.24) is 15.1 Å². The van der Waals surface area contributed by atoms with Crippen molar-refractivity contribution in [3.8, 4) is 0 Å². The Labute approximate surface area is 124 Å². The van der Waals surface area contributed by atoms with E-state index >= 15 is 0 Å². The van der Waals surface area contributed by atoms with Crippen LogP contribution in [0.15, 0.2) is 0 Å². The number of amides is 1. The highest BCUT2D eigenvalue weighted by molar-refractivity contribution is 6.31. The second kappa shape index (κ2) is 5.74. The van der Waals surface area contributed by atoms with Gasteiger partial charge in [0.2, 0.25) is 5.91 Å². The molecule has 3 N–H and O–H groups in total. The van der Waals surface area contributed by atoms with Crippen molar-refractivity contribution in [3.05, 3.63) is 16.4 Å². The van der Waals surface area contributed by atoms with Gasteiger partial charge in [-0.05, 0) is 45.6 Å². The number of carbonyl (C=O) groups is 1. The smallest absolute Gasteiger partial charge is 0.239 e. The van der Waals surface area contributed by atoms with Crippen LogP contribution >= 0.6 is 11.6 Å². The summed E-state index contributed by atoms with van der Waals surface area (Å²) in [7, 11) is 0. The van der Waals surface area contributed by atoms with Crippen LogP contribution in [-0.2, 0) is 11.3 Å². The molecule has 1 heterocycles. The van der Waals surface area contributed by atoms with E-state index < -0.39 is 5.54 Å². The average Bonchev–Trinajstić information content (AvgIpc) is 3.21. The summed E-state index contributed by atoms with van der Waals surface area (Å²) in [6.07, 6.45) is 3.03. The number of primary amides is 1. The Morgan fingerprint density at radius 2 is 2.20 bits per heavy atom.